The molecule has 1 aromatic heterocycles. The van der Waals surface area contributed by atoms with E-state index in [1.54, 1.807) is 11.1 Å². The SMILES string of the molecule is CCCCC[C@H](C(=O)O)C(=O)N1CCCC1c1ncc(C)o1. The molecule has 0 bridgehead atoms. The number of carboxylic acid groups (broad SMARTS) is 1. The molecule has 122 valence electrons. The number of hydrogen-bond donors (Lipinski definition) is 1. The third kappa shape index (κ3) is 3.67. The minimum Gasteiger partial charge on any atom is -0.481 e. The van der Waals surface area contributed by atoms with E-state index in [2.05, 4.69) is 11.9 Å². The van der Waals surface area contributed by atoms with Gasteiger partial charge in [-0.1, -0.05) is 26.2 Å². The Hall–Kier alpha value is -1.85. The normalized spacial score (nSPS) is 19.4. The van der Waals surface area contributed by atoms with E-state index < -0.39 is 11.9 Å². The molecule has 1 aliphatic rings. The lowest BCUT2D eigenvalue weighted by atomic mass is 9.99. The summed E-state index contributed by atoms with van der Waals surface area (Å²) in [5.41, 5.74) is 0. The first-order chi connectivity index (χ1) is 10.5. The molecule has 1 N–H and O–H groups in total. The van der Waals surface area contributed by atoms with Crippen LogP contribution >= 0.6 is 0 Å². The number of likely N-dealkylation sites (tertiary alicyclic amines) is 1. The first-order valence-corrected chi connectivity index (χ1v) is 8.00. The Morgan fingerprint density at radius 1 is 1.50 bits per heavy atom. The fourth-order valence-electron chi connectivity index (χ4n) is 2.96. The lowest BCUT2D eigenvalue weighted by molar-refractivity contribution is -0.152. The van der Waals surface area contributed by atoms with E-state index in [-0.39, 0.29) is 11.9 Å². The van der Waals surface area contributed by atoms with Crippen LogP contribution in [0.5, 0.6) is 0 Å². The zero-order valence-electron chi connectivity index (χ0n) is 13.2. The molecule has 0 aromatic carbocycles. The van der Waals surface area contributed by atoms with Gasteiger partial charge in [0, 0.05) is 6.54 Å². The molecule has 1 aromatic rings. The molecule has 2 atom stereocenters. The lowest BCUT2D eigenvalue weighted by Gasteiger charge is -2.25. The topological polar surface area (TPSA) is 83.6 Å². The van der Waals surface area contributed by atoms with Crippen LogP contribution in [-0.2, 0) is 9.59 Å². The highest BCUT2D eigenvalue weighted by molar-refractivity contribution is 5.97. The maximum atomic E-state index is 12.6. The monoisotopic (exact) mass is 308 g/mol. The van der Waals surface area contributed by atoms with Gasteiger partial charge in [-0.2, -0.15) is 0 Å². The van der Waals surface area contributed by atoms with Gasteiger partial charge in [-0.3, -0.25) is 9.59 Å². The van der Waals surface area contributed by atoms with Crippen molar-refractivity contribution in [3.63, 3.8) is 0 Å². The maximum Gasteiger partial charge on any atom is 0.316 e. The van der Waals surface area contributed by atoms with Crippen molar-refractivity contribution in [2.24, 2.45) is 5.92 Å². The minimum absolute atomic E-state index is 0.228. The summed E-state index contributed by atoms with van der Waals surface area (Å²) in [6, 6.07) is -0.228. The van der Waals surface area contributed by atoms with Crippen LogP contribution in [0.3, 0.4) is 0 Å². The van der Waals surface area contributed by atoms with Crippen molar-refractivity contribution in [3.8, 4) is 0 Å². The lowest BCUT2D eigenvalue weighted by Crippen LogP contribution is -2.39. The van der Waals surface area contributed by atoms with E-state index in [9.17, 15) is 14.7 Å². The number of aliphatic carboxylic acids is 1. The van der Waals surface area contributed by atoms with E-state index in [0.29, 0.717) is 24.6 Å². The Balaban J connectivity index is 2.09. The van der Waals surface area contributed by atoms with Gasteiger partial charge in [0.15, 0.2) is 0 Å². The minimum atomic E-state index is -1.03. The molecule has 6 heteroatoms. The average Bonchev–Trinajstić information content (AvgIpc) is 3.10. The van der Waals surface area contributed by atoms with Gasteiger partial charge in [0.1, 0.15) is 17.7 Å². The van der Waals surface area contributed by atoms with Crippen molar-refractivity contribution in [2.45, 2.75) is 58.4 Å². The quantitative estimate of drug-likeness (QED) is 0.618. The highest BCUT2D eigenvalue weighted by Gasteiger charge is 2.38. The number of carbonyl (C=O) groups is 2. The molecule has 0 aliphatic carbocycles. The standard InChI is InChI=1S/C16H24N2O4/c1-3-4-5-7-12(16(20)21)15(19)18-9-6-8-13(18)14-17-10-11(2)22-14/h10,12-13H,3-9H2,1-2H3,(H,20,21)/t12-,13?/m0/s1. The number of carbonyl (C=O) groups excluding carboxylic acids is 1. The highest BCUT2D eigenvalue weighted by atomic mass is 16.4. The highest BCUT2D eigenvalue weighted by Crippen LogP contribution is 2.33. The average molecular weight is 308 g/mol. The largest absolute Gasteiger partial charge is 0.481 e. The van der Waals surface area contributed by atoms with Crippen molar-refractivity contribution in [1.82, 2.24) is 9.88 Å². The molecule has 1 amide bonds. The van der Waals surface area contributed by atoms with Gasteiger partial charge in [0.25, 0.3) is 0 Å². The van der Waals surface area contributed by atoms with Gasteiger partial charge >= 0.3 is 5.97 Å². The van der Waals surface area contributed by atoms with E-state index in [1.807, 2.05) is 6.92 Å². The van der Waals surface area contributed by atoms with Crippen LogP contribution < -0.4 is 0 Å². The van der Waals surface area contributed by atoms with Crippen LogP contribution in [0.2, 0.25) is 0 Å². The molecular weight excluding hydrogens is 284 g/mol. The second-order valence-electron chi connectivity index (χ2n) is 5.89. The van der Waals surface area contributed by atoms with Crippen LogP contribution in [0.1, 0.15) is 63.1 Å². The molecule has 1 saturated heterocycles. The first-order valence-electron chi connectivity index (χ1n) is 8.00. The Morgan fingerprint density at radius 2 is 2.27 bits per heavy atom. The maximum absolute atomic E-state index is 12.6. The number of carboxylic acids is 1. The first kappa shape index (κ1) is 16.5. The summed E-state index contributed by atoms with van der Waals surface area (Å²) >= 11 is 0. The van der Waals surface area contributed by atoms with E-state index in [1.165, 1.54) is 0 Å². The van der Waals surface area contributed by atoms with Gasteiger partial charge in [0.05, 0.1) is 6.20 Å². The van der Waals surface area contributed by atoms with Crippen LogP contribution in [0.4, 0.5) is 0 Å². The molecular formula is C16H24N2O4. The molecule has 6 nitrogen and oxygen atoms in total. The predicted octanol–water partition coefficient (Wildman–Crippen LogP) is 2.93. The van der Waals surface area contributed by atoms with Gasteiger partial charge in [-0.05, 0) is 26.2 Å². The number of rotatable bonds is 7. The number of nitrogens with zero attached hydrogens (tertiary/aromatic N) is 2. The van der Waals surface area contributed by atoms with Crippen LogP contribution in [0.15, 0.2) is 10.6 Å². The van der Waals surface area contributed by atoms with Crippen molar-refractivity contribution < 1.29 is 19.1 Å². The van der Waals surface area contributed by atoms with E-state index in [0.717, 1.165) is 32.1 Å². The summed E-state index contributed by atoms with van der Waals surface area (Å²) in [4.78, 5) is 29.9. The third-order valence-electron chi connectivity index (χ3n) is 4.15. The second-order valence-corrected chi connectivity index (χ2v) is 5.89. The van der Waals surface area contributed by atoms with Gasteiger partial charge in [-0.15, -0.1) is 0 Å². The summed E-state index contributed by atoms with van der Waals surface area (Å²) in [7, 11) is 0. The number of unbranched alkanes of at least 4 members (excludes halogenated alkanes) is 2. The fraction of sp³-hybridized carbons (Fsp3) is 0.688. The van der Waals surface area contributed by atoms with Gasteiger partial charge in [-0.25, -0.2) is 4.98 Å². The molecule has 2 rings (SSSR count). The number of aryl methyl sites for hydroxylation is 1. The molecule has 0 spiro atoms. The van der Waals surface area contributed by atoms with Crippen molar-refractivity contribution in [3.05, 3.63) is 17.8 Å². The smallest absolute Gasteiger partial charge is 0.316 e. The predicted molar refractivity (Wildman–Crippen MR) is 80.2 cm³/mol. The molecule has 1 fully saturated rings. The third-order valence-corrected chi connectivity index (χ3v) is 4.15. The zero-order chi connectivity index (χ0) is 16.1. The Bertz CT molecular complexity index is 526. The van der Waals surface area contributed by atoms with E-state index in [4.69, 9.17) is 4.42 Å². The van der Waals surface area contributed by atoms with Crippen molar-refractivity contribution >= 4 is 11.9 Å². The summed E-state index contributed by atoms with van der Waals surface area (Å²) in [6.07, 6.45) is 6.35. The summed E-state index contributed by atoms with van der Waals surface area (Å²) < 4.78 is 5.53. The van der Waals surface area contributed by atoms with Crippen molar-refractivity contribution in [2.75, 3.05) is 6.54 Å². The Morgan fingerprint density at radius 3 is 2.86 bits per heavy atom. The van der Waals surface area contributed by atoms with Crippen LogP contribution in [-0.4, -0.2) is 33.4 Å². The zero-order valence-corrected chi connectivity index (χ0v) is 13.2. The second kappa shape index (κ2) is 7.42. The Kier molecular flexibility index (Phi) is 5.57. The number of oxazole rings is 1. The molecule has 0 radical (unpaired) electrons. The summed E-state index contributed by atoms with van der Waals surface area (Å²) in [5, 5.41) is 9.38. The summed E-state index contributed by atoms with van der Waals surface area (Å²) in [6.45, 7) is 4.43. The fourth-order valence-corrected chi connectivity index (χ4v) is 2.96. The number of amides is 1. The van der Waals surface area contributed by atoms with Crippen LogP contribution in [0, 0.1) is 12.8 Å². The van der Waals surface area contributed by atoms with Crippen LogP contribution in [0.25, 0.3) is 0 Å². The Labute approximate surface area is 130 Å². The molecule has 2 heterocycles. The number of hydrogen-bond acceptors (Lipinski definition) is 4. The molecule has 1 unspecified atom stereocenters. The molecule has 0 saturated carbocycles. The molecule has 22 heavy (non-hydrogen) atoms. The van der Waals surface area contributed by atoms with Gasteiger partial charge < -0.3 is 14.4 Å². The van der Waals surface area contributed by atoms with Crippen molar-refractivity contribution in [1.29, 1.82) is 0 Å². The molecule has 1 aliphatic heterocycles. The van der Waals surface area contributed by atoms with E-state index >= 15 is 0 Å². The van der Waals surface area contributed by atoms with Gasteiger partial charge in [0.2, 0.25) is 11.8 Å². The summed E-state index contributed by atoms with van der Waals surface area (Å²) in [5.74, 6) is -1.08. The number of aromatic nitrogens is 1.